The zero-order valence-corrected chi connectivity index (χ0v) is 14.4. The first kappa shape index (κ1) is 17.9. The van der Waals surface area contributed by atoms with Crippen molar-refractivity contribution in [2.75, 3.05) is 6.54 Å². The lowest BCUT2D eigenvalue weighted by molar-refractivity contribution is -0.139. The molecular formula is C20H22N2O4. The smallest absolute Gasteiger partial charge is 0.408 e. The largest absolute Gasteiger partial charge is 0.480 e. The van der Waals surface area contributed by atoms with Crippen LogP contribution in [0.5, 0.6) is 0 Å². The number of nitrogens with two attached hydrogens (primary N) is 1. The first-order chi connectivity index (χ1) is 12.6. The van der Waals surface area contributed by atoms with Crippen molar-refractivity contribution >= 4 is 12.1 Å². The molecule has 6 nitrogen and oxygen atoms in total. The number of rotatable bonds is 7. The number of carboxylic acid groups (broad SMARTS) is 1. The van der Waals surface area contributed by atoms with Crippen molar-refractivity contribution in [1.29, 1.82) is 0 Å². The quantitative estimate of drug-likeness (QED) is 0.605. The van der Waals surface area contributed by atoms with Gasteiger partial charge in [-0.1, -0.05) is 42.5 Å². The Kier molecular flexibility index (Phi) is 5.53. The van der Waals surface area contributed by atoms with Crippen LogP contribution < -0.4 is 11.1 Å². The van der Waals surface area contributed by atoms with Crippen molar-refractivity contribution in [2.45, 2.75) is 31.9 Å². The van der Waals surface area contributed by atoms with Crippen molar-refractivity contribution in [3.05, 3.63) is 59.2 Å². The van der Waals surface area contributed by atoms with Crippen LogP contribution in [0.15, 0.2) is 42.5 Å². The number of carbonyl (C=O) groups excluding carboxylic acids is 1. The molecule has 2 aromatic rings. The minimum absolute atomic E-state index is 0.103. The lowest BCUT2D eigenvalue weighted by Gasteiger charge is -2.15. The maximum Gasteiger partial charge on any atom is 0.408 e. The van der Waals surface area contributed by atoms with E-state index in [1.807, 2.05) is 24.3 Å². The van der Waals surface area contributed by atoms with E-state index in [4.69, 9.17) is 15.6 Å². The average Bonchev–Trinajstić information content (AvgIpc) is 3.02. The monoisotopic (exact) mass is 354 g/mol. The van der Waals surface area contributed by atoms with E-state index in [1.54, 1.807) is 0 Å². The minimum atomic E-state index is -1.09. The Morgan fingerprint density at radius 2 is 1.92 bits per heavy atom. The Morgan fingerprint density at radius 3 is 2.69 bits per heavy atom. The summed E-state index contributed by atoms with van der Waals surface area (Å²) in [5, 5.41) is 11.5. The summed E-state index contributed by atoms with van der Waals surface area (Å²) in [6.45, 7) is 0.476. The van der Waals surface area contributed by atoms with Gasteiger partial charge in [0.1, 0.15) is 12.6 Å². The number of hydrogen-bond donors (Lipinski definition) is 3. The summed E-state index contributed by atoms with van der Waals surface area (Å²) in [4.78, 5) is 23.2. The standard InChI is InChI=1S/C20H22N2O4/c21-10-4-9-18(19(23)24)22-20(25)26-12-14-6-3-8-16-15-7-2-1-5-13(15)11-17(14)16/h1-3,5-8,18H,4,9-12,21H2,(H,22,25)(H,23,24)/t18-/m0/s1. The third-order valence-corrected chi connectivity index (χ3v) is 4.59. The molecule has 1 aliphatic carbocycles. The Hall–Kier alpha value is -2.86. The zero-order valence-electron chi connectivity index (χ0n) is 14.4. The molecule has 0 saturated heterocycles. The van der Waals surface area contributed by atoms with Crippen molar-refractivity contribution in [3.8, 4) is 11.1 Å². The molecule has 2 aromatic carbocycles. The molecule has 0 heterocycles. The van der Waals surface area contributed by atoms with Gasteiger partial charge in [0, 0.05) is 0 Å². The highest BCUT2D eigenvalue weighted by Crippen LogP contribution is 2.38. The van der Waals surface area contributed by atoms with Gasteiger partial charge in [0.2, 0.25) is 0 Å². The van der Waals surface area contributed by atoms with Gasteiger partial charge in [-0.25, -0.2) is 9.59 Å². The van der Waals surface area contributed by atoms with Crippen LogP contribution in [0.3, 0.4) is 0 Å². The van der Waals surface area contributed by atoms with Crippen molar-refractivity contribution in [3.63, 3.8) is 0 Å². The summed E-state index contributed by atoms with van der Waals surface area (Å²) in [6.07, 6.45) is 0.863. The van der Waals surface area contributed by atoms with Crippen molar-refractivity contribution in [1.82, 2.24) is 5.32 Å². The summed E-state index contributed by atoms with van der Waals surface area (Å²) < 4.78 is 5.27. The van der Waals surface area contributed by atoms with Gasteiger partial charge in [0.15, 0.2) is 0 Å². The molecule has 26 heavy (non-hydrogen) atoms. The Bertz CT molecular complexity index is 819. The molecule has 1 amide bonds. The van der Waals surface area contributed by atoms with Gasteiger partial charge in [0.25, 0.3) is 0 Å². The highest BCUT2D eigenvalue weighted by atomic mass is 16.5. The number of carbonyl (C=O) groups is 2. The molecule has 136 valence electrons. The van der Waals surface area contributed by atoms with Crippen LogP contribution in [0.2, 0.25) is 0 Å². The molecule has 0 unspecified atom stereocenters. The van der Waals surface area contributed by atoms with E-state index in [0.29, 0.717) is 13.0 Å². The van der Waals surface area contributed by atoms with Crippen LogP contribution in [0, 0.1) is 0 Å². The summed E-state index contributed by atoms with van der Waals surface area (Å²) in [5.41, 5.74) is 11.1. The van der Waals surface area contributed by atoms with Crippen LogP contribution in [0.4, 0.5) is 4.79 Å². The van der Waals surface area contributed by atoms with E-state index in [1.165, 1.54) is 11.1 Å². The van der Waals surface area contributed by atoms with E-state index < -0.39 is 18.1 Å². The molecule has 1 atom stereocenters. The molecule has 0 radical (unpaired) electrons. The second-order valence-electron chi connectivity index (χ2n) is 6.32. The predicted molar refractivity (Wildman–Crippen MR) is 97.7 cm³/mol. The molecule has 0 aliphatic heterocycles. The molecule has 4 N–H and O–H groups in total. The average molecular weight is 354 g/mol. The molecule has 0 aromatic heterocycles. The topological polar surface area (TPSA) is 102 Å². The third-order valence-electron chi connectivity index (χ3n) is 4.59. The third kappa shape index (κ3) is 3.86. The summed E-state index contributed by atoms with van der Waals surface area (Å²) >= 11 is 0. The molecular weight excluding hydrogens is 332 g/mol. The maximum atomic E-state index is 12.0. The fourth-order valence-corrected chi connectivity index (χ4v) is 3.27. The Labute approximate surface area is 152 Å². The number of aliphatic carboxylic acids is 1. The van der Waals surface area contributed by atoms with Crippen LogP contribution >= 0.6 is 0 Å². The number of ether oxygens (including phenoxy) is 1. The molecule has 0 spiro atoms. The van der Waals surface area contributed by atoms with Crippen LogP contribution in [0.25, 0.3) is 11.1 Å². The van der Waals surface area contributed by atoms with Gasteiger partial charge < -0.3 is 20.9 Å². The Balaban J connectivity index is 1.64. The van der Waals surface area contributed by atoms with Gasteiger partial charge in [-0.3, -0.25) is 0 Å². The van der Waals surface area contributed by atoms with Crippen molar-refractivity contribution < 1.29 is 19.4 Å². The molecule has 1 aliphatic rings. The molecule has 6 heteroatoms. The molecule has 3 rings (SSSR count). The number of hydrogen-bond acceptors (Lipinski definition) is 4. The fourth-order valence-electron chi connectivity index (χ4n) is 3.27. The van der Waals surface area contributed by atoms with E-state index in [-0.39, 0.29) is 13.0 Å². The van der Waals surface area contributed by atoms with E-state index in [9.17, 15) is 9.59 Å². The van der Waals surface area contributed by atoms with Crippen LogP contribution in [-0.2, 0) is 22.6 Å². The van der Waals surface area contributed by atoms with E-state index >= 15 is 0 Å². The van der Waals surface area contributed by atoms with Gasteiger partial charge in [-0.15, -0.1) is 0 Å². The van der Waals surface area contributed by atoms with Gasteiger partial charge in [-0.2, -0.15) is 0 Å². The summed E-state index contributed by atoms with van der Waals surface area (Å²) in [5.74, 6) is -1.09. The fraction of sp³-hybridized carbons (Fsp3) is 0.300. The van der Waals surface area contributed by atoms with E-state index in [2.05, 4.69) is 23.5 Å². The predicted octanol–water partition coefficient (Wildman–Crippen LogP) is 2.68. The lowest BCUT2D eigenvalue weighted by atomic mass is 10.0. The molecule has 0 bridgehead atoms. The number of amides is 1. The number of nitrogens with one attached hydrogen (secondary N) is 1. The van der Waals surface area contributed by atoms with Crippen LogP contribution in [-0.4, -0.2) is 29.8 Å². The highest BCUT2D eigenvalue weighted by molar-refractivity contribution is 5.80. The van der Waals surface area contributed by atoms with Gasteiger partial charge >= 0.3 is 12.1 Å². The van der Waals surface area contributed by atoms with Gasteiger partial charge in [0.05, 0.1) is 0 Å². The van der Waals surface area contributed by atoms with Gasteiger partial charge in [-0.05, 0) is 53.6 Å². The SMILES string of the molecule is NCCC[C@H](NC(=O)OCc1cccc2c1Cc1ccccc1-2)C(=O)O. The minimum Gasteiger partial charge on any atom is -0.480 e. The second-order valence-corrected chi connectivity index (χ2v) is 6.32. The molecule has 0 saturated carbocycles. The number of benzene rings is 2. The molecule has 0 fully saturated rings. The highest BCUT2D eigenvalue weighted by Gasteiger charge is 2.22. The maximum absolute atomic E-state index is 12.0. The summed E-state index contributed by atoms with van der Waals surface area (Å²) in [6, 6.07) is 13.2. The number of fused-ring (bicyclic) bond motifs is 3. The first-order valence-corrected chi connectivity index (χ1v) is 8.65. The normalized spacial score (nSPS) is 12.8. The first-order valence-electron chi connectivity index (χ1n) is 8.65. The second kappa shape index (κ2) is 8.01. The van der Waals surface area contributed by atoms with Crippen LogP contribution in [0.1, 0.15) is 29.5 Å². The van der Waals surface area contributed by atoms with Crippen molar-refractivity contribution in [2.24, 2.45) is 5.73 Å². The lowest BCUT2D eigenvalue weighted by Crippen LogP contribution is -2.41. The Morgan fingerprint density at radius 1 is 1.15 bits per heavy atom. The summed E-state index contributed by atoms with van der Waals surface area (Å²) in [7, 11) is 0. The number of carboxylic acids is 1. The van der Waals surface area contributed by atoms with E-state index in [0.717, 1.165) is 23.1 Å². The number of alkyl carbamates (subject to hydrolysis) is 1. The zero-order chi connectivity index (χ0) is 18.5.